The number of carbonyl (C=O) groups excluding carboxylic acids is 1. The first kappa shape index (κ1) is 19.1. The zero-order valence-corrected chi connectivity index (χ0v) is 16.7. The minimum atomic E-state index is -0.186. The molecule has 2 aromatic heterocycles. The number of nitrogens with zero attached hydrogens (tertiary/aromatic N) is 2. The van der Waals surface area contributed by atoms with Crippen LogP contribution in [0.25, 0.3) is 10.2 Å². The van der Waals surface area contributed by atoms with Gasteiger partial charge in [0, 0.05) is 7.05 Å². The molecule has 0 unspecified atom stereocenters. The van der Waals surface area contributed by atoms with Crippen LogP contribution in [-0.2, 0) is 11.3 Å². The number of ether oxygens (including phenoxy) is 1. The molecule has 27 heavy (non-hydrogen) atoms. The Hall–Kier alpha value is -2.67. The van der Waals surface area contributed by atoms with Gasteiger partial charge in [0.05, 0.1) is 12.1 Å². The zero-order chi connectivity index (χ0) is 19.6. The Labute approximate surface area is 161 Å². The number of nitrogens with one attached hydrogen (secondary N) is 1. The first-order valence-corrected chi connectivity index (χ1v) is 9.67. The second-order valence-corrected chi connectivity index (χ2v) is 7.78. The Morgan fingerprint density at radius 1 is 1.33 bits per heavy atom. The van der Waals surface area contributed by atoms with E-state index in [0.29, 0.717) is 27.7 Å². The molecule has 7 heteroatoms. The molecule has 0 saturated carbocycles. The van der Waals surface area contributed by atoms with E-state index < -0.39 is 0 Å². The van der Waals surface area contributed by atoms with Gasteiger partial charge >= 0.3 is 0 Å². The Balaban J connectivity index is 1.62. The van der Waals surface area contributed by atoms with Gasteiger partial charge in [-0.3, -0.25) is 9.59 Å². The van der Waals surface area contributed by atoms with Crippen molar-refractivity contribution in [3.05, 3.63) is 57.0 Å². The topological polar surface area (TPSA) is 75.3 Å². The summed E-state index contributed by atoms with van der Waals surface area (Å²) in [6, 6.07) is 7.67. The van der Waals surface area contributed by atoms with Crippen LogP contribution in [-0.4, -0.2) is 34.4 Å². The lowest BCUT2D eigenvalue weighted by molar-refractivity contribution is -0.132. The van der Waals surface area contributed by atoms with Crippen LogP contribution in [0, 0.1) is 6.92 Å². The summed E-state index contributed by atoms with van der Waals surface area (Å²) in [5.41, 5.74) is 2.89. The van der Waals surface area contributed by atoms with Crippen LogP contribution in [0.5, 0.6) is 5.75 Å². The number of carbonyl (C=O) groups is 1. The van der Waals surface area contributed by atoms with Crippen molar-refractivity contribution in [1.82, 2.24) is 14.9 Å². The zero-order valence-electron chi connectivity index (χ0n) is 15.9. The largest absolute Gasteiger partial charge is 0.484 e. The number of hydrogen-bond donors (Lipinski definition) is 1. The van der Waals surface area contributed by atoms with Crippen molar-refractivity contribution in [3.63, 3.8) is 0 Å². The van der Waals surface area contributed by atoms with Crippen molar-refractivity contribution in [2.45, 2.75) is 33.2 Å². The molecular formula is C20H23N3O3S. The number of fused-ring (bicyclic) bond motifs is 1. The molecule has 0 aliphatic carbocycles. The van der Waals surface area contributed by atoms with E-state index in [0.717, 1.165) is 5.56 Å². The summed E-state index contributed by atoms with van der Waals surface area (Å²) in [6.45, 7) is 6.48. The van der Waals surface area contributed by atoms with Crippen LogP contribution in [0.2, 0.25) is 0 Å². The van der Waals surface area contributed by atoms with Crippen LogP contribution < -0.4 is 10.3 Å². The molecule has 0 bridgehead atoms. The third kappa shape index (κ3) is 4.36. The minimum absolute atomic E-state index is 0.0676. The van der Waals surface area contributed by atoms with E-state index in [1.54, 1.807) is 13.1 Å². The average molecular weight is 385 g/mol. The van der Waals surface area contributed by atoms with E-state index in [4.69, 9.17) is 4.74 Å². The predicted octanol–water partition coefficient (Wildman–Crippen LogP) is 3.45. The highest BCUT2D eigenvalue weighted by atomic mass is 32.1. The Kier molecular flexibility index (Phi) is 5.60. The van der Waals surface area contributed by atoms with Crippen LogP contribution in [0.1, 0.15) is 36.7 Å². The number of H-pyrrole nitrogens is 1. The van der Waals surface area contributed by atoms with Crippen LogP contribution >= 0.6 is 11.3 Å². The van der Waals surface area contributed by atoms with Crippen LogP contribution in [0.3, 0.4) is 0 Å². The van der Waals surface area contributed by atoms with Crippen molar-refractivity contribution in [1.29, 1.82) is 0 Å². The highest BCUT2D eigenvalue weighted by Crippen LogP contribution is 2.23. The number of hydrogen-bond acceptors (Lipinski definition) is 5. The van der Waals surface area contributed by atoms with Crippen LogP contribution in [0.4, 0.5) is 0 Å². The predicted molar refractivity (Wildman–Crippen MR) is 107 cm³/mol. The highest BCUT2D eigenvalue weighted by Gasteiger charge is 2.13. The molecule has 6 nitrogen and oxygen atoms in total. The lowest BCUT2D eigenvalue weighted by atomic mass is 9.98. The van der Waals surface area contributed by atoms with Crippen molar-refractivity contribution in [2.75, 3.05) is 13.7 Å². The monoisotopic (exact) mass is 385 g/mol. The number of benzene rings is 1. The molecule has 3 rings (SSSR count). The third-order valence-electron chi connectivity index (χ3n) is 4.40. The summed E-state index contributed by atoms with van der Waals surface area (Å²) in [5.74, 6) is 1.39. The van der Waals surface area contributed by atoms with Crippen LogP contribution in [0.15, 0.2) is 34.4 Å². The quantitative estimate of drug-likeness (QED) is 0.705. The lowest BCUT2D eigenvalue weighted by Gasteiger charge is -2.17. The number of aryl methyl sites for hydroxylation is 1. The van der Waals surface area contributed by atoms with E-state index in [2.05, 4.69) is 23.8 Å². The SMILES string of the molecule is Cc1cc(OCC(=O)N(C)Cc2nc3ccsc3c(=O)[nH]2)ccc1C(C)C. The Morgan fingerprint density at radius 3 is 2.81 bits per heavy atom. The van der Waals surface area contributed by atoms with Gasteiger partial charge in [0.1, 0.15) is 16.3 Å². The summed E-state index contributed by atoms with van der Waals surface area (Å²) < 4.78 is 6.24. The third-order valence-corrected chi connectivity index (χ3v) is 5.30. The molecule has 0 fully saturated rings. The van der Waals surface area contributed by atoms with Crippen molar-refractivity contribution >= 4 is 27.5 Å². The molecule has 2 heterocycles. The molecule has 0 aliphatic rings. The van der Waals surface area contributed by atoms with E-state index in [1.165, 1.54) is 21.8 Å². The molecule has 0 spiro atoms. The number of thiophene rings is 1. The summed E-state index contributed by atoms with van der Waals surface area (Å²) in [5, 5.41) is 1.83. The Morgan fingerprint density at radius 2 is 2.11 bits per heavy atom. The Bertz CT molecular complexity index is 1020. The van der Waals surface area contributed by atoms with Gasteiger partial charge in [0.2, 0.25) is 0 Å². The minimum Gasteiger partial charge on any atom is -0.484 e. The summed E-state index contributed by atoms with van der Waals surface area (Å²) in [6.07, 6.45) is 0. The summed E-state index contributed by atoms with van der Waals surface area (Å²) in [4.78, 5) is 33.0. The van der Waals surface area contributed by atoms with Gasteiger partial charge in [-0.2, -0.15) is 0 Å². The van der Waals surface area contributed by atoms with Gasteiger partial charge in [-0.1, -0.05) is 19.9 Å². The summed E-state index contributed by atoms with van der Waals surface area (Å²) >= 11 is 1.35. The fraction of sp³-hybridized carbons (Fsp3) is 0.350. The standard InChI is InChI=1S/C20H23N3O3S/c1-12(2)15-6-5-14(9-13(15)3)26-11-18(24)23(4)10-17-21-16-7-8-27-19(16)20(25)22-17/h5-9,12H,10-11H2,1-4H3,(H,21,22,25). The number of rotatable bonds is 6. The van der Waals surface area contributed by atoms with Gasteiger partial charge < -0.3 is 14.6 Å². The molecular weight excluding hydrogens is 362 g/mol. The first-order chi connectivity index (χ1) is 12.8. The molecule has 0 saturated heterocycles. The van der Waals surface area contributed by atoms with Gasteiger partial charge in [-0.15, -0.1) is 11.3 Å². The van der Waals surface area contributed by atoms with E-state index >= 15 is 0 Å². The smallest absolute Gasteiger partial charge is 0.268 e. The number of aromatic nitrogens is 2. The molecule has 3 aromatic rings. The van der Waals surface area contributed by atoms with Gasteiger partial charge in [-0.25, -0.2) is 4.98 Å². The number of aromatic amines is 1. The van der Waals surface area contributed by atoms with E-state index in [1.807, 2.05) is 30.5 Å². The van der Waals surface area contributed by atoms with E-state index in [9.17, 15) is 9.59 Å². The number of likely N-dealkylation sites (N-methyl/N-ethyl adjacent to an activating group) is 1. The molecule has 1 amide bonds. The normalized spacial score (nSPS) is 11.1. The average Bonchev–Trinajstić information content (AvgIpc) is 3.08. The maximum atomic E-state index is 12.4. The fourth-order valence-electron chi connectivity index (χ4n) is 2.95. The maximum Gasteiger partial charge on any atom is 0.268 e. The van der Waals surface area contributed by atoms with Crippen molar-refractivity contribution < 1.29 is 9.53 Å². The lowest BCUT2D eigenvalue weighted by Crippen LogP contribution is -2.32. The molecule has 0 radical (unpaired) electrons. The van der Waals surface area contributed by atoms with E-state index in [-0.39, 0.29) is 24.6 Å². The first-order valence-electron chi connectivity index (χ1n) is 8.79. The maximum absolute atomic E-state index is 12.4. The second kappa shape index (κ2) is 7.92. The molecule has 142 valence electrons. The molecule has 1 aromatic carbocycles. The second-order valence-electron chi connectivity index (χ2n) is 6.86. The van der Waals surface area contributed by atoms with Gasteiger partial charge in [0.25, 0.3) is 11.5 Å². The van der Waals surface area contributed by atoms with Crippen molar-refractivity contribution in [2.24, 2.45) is 0 Å². The van der Waals surface area contributed by atoms with Gasteiger partial charge in [-0.05, 0) is 47.5 Å². The molecule has 0 aliphatic heterocycles. The molecule has 1 N–H and O–H groups in total. The fourth-order valence-corrected chi connectivity index (χ4v) is 3.68. The highest BCUT2D eigenvalue weighted by molar-refractivity contribution is 7.17. The van der Waals surface area contributed by atoms with Crippen molar-refractivity contribution in [3.8, 4) is 5.75 Å². The summed E-state index contributed by atoms with van der Waals surface area (Å²) in [7, 11) is 1.66. The molecule has 0 atom stereocenters. The number of amides is 1. The van der Waals surface area contributed by atoms with Gasteiger partial charge in [0.15, 0.2) is 6.61 Å².